The van der Waals surface area contributed by atoms with E-state index in [4.69, 9.17) is 4.43 Å². The van der Waals surface area contributed by atoms with Crippen molar-refractivity contribution < 1.29 is 4.43 Å². The van der Waals surface area contributed by atoms with Crippen LogP contribution in [0.2, 0.25) is 37.8 Å². The van der Waals surface area contributed by atoms with Crippen LogP contribution in [0.15, 0.2) is 11.8 Å². The van der Waals surface area contributed by atoms with Crippen molar-refractivity contribution >= 4 is 16.4 Å². The molecule has 0 N–H and O–H groups in total. The molecular formula is C12H28OSi2. The Hall–Kier alpha value is 0.134. The topological polar surface area (TPSA) is 9.23 Å². The van der Waals surface area contributed by atoms with E-state index in [2.05, 4.69) is 52.2 Å². The van der Waals surface area contributed by atoms with Crippen molar-refractivity contribution in [2.45, 2.75) is 58.5 Å². The van der Waals surface area contributed by atoms with Gasteiger partial charge >= 0.3 is 0 Å². The highest BCUT2D eigenvalue weighted by Crippen LogP contribution is 2.21. The van der Waals surface area contributed by atoms with Crippen molar-refractivity contribution in [2.24, 2.45) is 0 Å². The highest BCUT2D eigenvalue weighted by atomic mass is 28.4. The molecule has 0 aromatic carbocycles. The Morgan fingerprint density at radius 2 is 1.40 bits per heavy atom. The van der Waals surface area contributed by atoms with Crippen LogP contribution >= 0.6 is 0 Å². The second-order valence-corrected chi connectivity index (χ2v) is 14.9. The van der Waals surface area contributed by atoms with E-state index in [1.54, 1.807) is 0 Å². The first-order chi connectivity index (χ1) is 6.89. The van der Waals surface area contributed by atoms with Gasteiger partial charge in [0.25, 0.3) is 0 Å². The molecule has 0 unspecified atom stereocenters. The summed E-state index contributed by atoms with van der Waals surface area (Å²) in [7, 11) is -2.38. The summed E-state index contributed by atoms with van der Waals surface area (Å²) in [6.45, 7) is 14.6. The lowest BCUT2D eigenvalue weighted by Crippen LogP contribution is -2.29. The van der Waals surface area contributed by atoms with E-state index in [0.29, 0.717) is 0 Å². The van der Waals surface area contributed by atoms with Gasteiger partial charge in [-0.05, 0) is 19.6 Å². The minimum absolute atomic E-state index is 0.824. The van der Waals surface area contributed by atoms with Crippen LogP contribution in [0.3, 0.4) is 0 Å². The lowest BCUT2D eigenvalue weighted by atomic mass is 10.7. The molecule has 3 heteroatoms. The summed E-state index contributed by atoms with van der Waals surface area (Å²) in [5, 5.41) is 0. The summed E-state index contributed by atoms with van der Waals surface area (Å²) in [5.41, 5.74) is 2.51. The van der Waals surface area contributed by atoms with E-state index in [9.17, 15) is 0 Å². The summed E-state index contributed by atoms with van der Waals surface area (Å²) >= 11 is 0. The van der Waals surface area contributed by atoms with Crippen LogP contribution < -0.4 is 0 Å². The van der Waals surface area contributed by atoms with E-state index >= 15 is 0 Å². The molecular weight excluding hydrogens is 216 g/mol. The molecule has 0 aromatic rings. The van der Waals surface area contributed by atoms with E-state index < -0.39 is 16.4 Å². The van der Waals surface area contributed by atoms with Crippen LogP contribution in [-0.2, 0) is 4.43 Å². The Bertz CT molecular complexity index is 182. The van der Waals surface area contributed by atoms with E-state index in [1.807, 2.05) is 0 Å². The molecule has 0 aliphatic carbocycles. The lowest BCUT2D eigenvalue weighted by Gasteiger charge is -2.24. The second-order valence-electron chi connectivity index (χ2n) is 5.25. The molecule has 0 fully saturated rings. The van der Waals surface area contributed by atoms with Gasteiger partial charge in [-0.15, -0.1) is 0 Å². The number of rotatable bonds is 7. The summed E-state index contributed by atoms with van der Waals surface area (Å²) in [4.78, 5) is 0. The fourth-order valence-corrected chi connectivity index (χ4v) is 5.10. The van der Waals surface area contributed by atoms with Crippen LogP contribution in [0.5, 0.6) is 0 Å². The molecule has 0 aliphatic rings. The van der Waals surface area contributed by atoms with Gasteiger partial charge in [0.05, 0.1) is 14.7 Å². The van der Waals surface area contributed by atoms with Crippen molar-refractivity contribution in [1.82, 2.24) is 0 Å². The maximum absolute atomic E-state index is 5.83. The van der Waals surface area contributed by atoms with Gasteiger partial charge in [-0.2, -0.15) is 0 Å². The van der Waals surface area contributed by atoms with Crippen molar-refractivity contribution in [3.05, 3.63) is 11.8 Å². The largest absolute Gasteiger partial charge is 0.414 e. The maximum Gasteiger partial charge on any atom is 0.184 e. The first kappa shape index (κ1) is 15.1. The second kappa shape index (κ2) is 6.66. The van der Waals surface area contributed by atoms with Crippen LogP contribution in [0, 0.1) is 0 Å². The molecule has 15 heavy (non-hydrogen) atoms. The Kier molecular flexibility index (Phi) is 6.72. The average Bonchev–Trinajstić information content (AvgIpc) is 2.18. The summed E-state index contributed by atoms with van der Waals surface area (Å²) in [6.07, 6.45) is 2.28. The number of hydrogen-bond acceptors (Lipinski definition) is 1. The van der Waals surface area contributed by atoms with Gasteiger partial charge in [-0.1, -0.05) is 50.7 Å². The Morgan fingerprint density at radius 1 is 0.933 bits per heavy atom. The molecule has 1 nitrogen and oxygen atoms in total. The SMILES string of the molecule is CC[Si](/C=C/CO[Si](C)(C)C)(CC)CC. The molecule has 0 aliphatic heterocycles. The van der Waals surface area contributed by atoms with Crippen molar-refractivity contribution in [3.8, 4) is 0 Å². The average molecular weight is 245 g/mol. The zero-order valence-corrected chi connectivity index (χ0v) is 13.4. The normalized spacial score (nSPS) is 13.7. The minimum Gasteiger partial charge on any atom is -0.414 e. The van der Waals surface area contributed by atoms with Crippen molar-refractivity contribution in [1.29, 1.82) is 0 Å². The molecule has 0 amide bonds. The van der Waals surface area contributed by atoms with Crippen molar-refractivity contribution in [3.63, 3.8) is 0 Å². The van der Waals surface area contributed by atoms with E-state index in [0.717, 1.165) is 6.61 Å². The molecule has 0 spiro atoms. The molecule has 0 saturated heterocycles. The van der Waals surface area contributed by atoms with E-state index in [1.165, 1.54) is 18.1 Å². The molecule has 0 bridgehead atoms. The molecule has 0 atom stereocenters. The van der Waals surface area contributed by atoms with Gasteiger partial charge in [0.1, 0.15) is 0 Å². The first-order valence-electron chi connectivity index (χ1n) is 6.21. The number of hydrogen-bond donors (Lipinski definition) is 0. The van der Waals surface area contributed by atoms with Crippen LogP contribution in [0.4, 0.5) is 0 Å². The first-order valence-corrected chi connectivity index (χ1v) is 12.3. The Morgan fingerprint density at radius 3 is 1.73 bits per heavy atom. The van der Waals surface area contributed by atoms with Crippen LogP contribution in [0.25, 0.3) is 0 Å². The fourth-order valence-electron chi connectivity index (χ4n) is 1.70. The van der Waals surface area contributed by atoms with E-state index in [-0.39, 0.29) is 0 Å². The quantitative estimate of drug-likeness (QED) is 0.602. The van der Waals surface area contributed by atoms with Gasteiger partial charge < -0.3 is 4.43 Å². The van der Waals surface area contributed by atoms with Gasteiger partial charge in [-0.25, -0.2) is 0 Å². The predicted octanol–water partition coefficient (Wildman–Crippen LogP) is 4.44. The van der Waals surface area contributed by atoms with Crippen molar-refractivity contribution in [2.75, 3.05) is 6.61 Å². The maximum atomic E-state index is 5.83. The Labute approximate surface area is 98.1 Å². The highest BCUT2D eigenvalue weighted by molar-refractivity contribution is 6.84. The third-order valence-electron chi connectivity index (χ3n) is 3.20. The zero-order chi connectivity index (χ0) is 11.9. The van der Waals surface area contributed by atoms with Gasteiger partial charge in [-0.3, -0.25) is 0 Å². The predicted molar refractivity (Wildman–Crippen MR) is 75.6 cm³/mol. The fraction of sp³-hybridized carbons (Fsp3) is 0.833. The van der Waals surface area contributed by atoms with Gasteiger partial charge in [0.15, 0.2) is 8.32 Å². The molecule has 0 saturated carbocycles. The minimum atomic E-state index is -1.32. The third kappa shape index (κ3) is 6.33. The molecule has 0 aromatic heterocycles. The molecule has 0 rings (SSSR count). The smallest absolute Gasteiger partial charge is 0.184 e. The monoisotopic (exact) mass is 244 g/mol. The van der Waals surface area contributed by atoms with Crippen LogP contribution in [0.1, 0.15) is 20.8 Å². The summed E-state index contributed by atoms with van der Waals surface area (Å²) < 4.78 is 5.83. The lowest BCUT2D eigenvalue weighted by molar-refractivity contribution is 0.357. The summed E-state index contributed by atoms with van der Waals surface area (Å²) in [5.74, 6) is 0. The standard InChI is InChI=1S/C12H28OSi2/c1-7-15(8-2,9-3)12-10-11-13-14(4,5)6/h10,12H,7-9,11H2,1-6H3/b12-10+. The summed E-state index contributed by atoms with van der Waals surface area (Å²) in [6, 6.07) is 4.09. The van der Waals surface area contributed by atoms with Gasteiger partial charge in [0, 0.05) is 0 Å². The molecule has 0 heterocycles. The highest BCUT2D eigenvalue weighted by Gasteiger charge is 2.22. The third-order valence-corrected chi connectivity index (χ3v) is 9.40. The van der Waals surface area contributed by atoms with Crippen LogP contribution in [-0.4, -0.2) is 23.0 Å². The zero-order valence-electron chi connectivity index (χ0n) is 11.4. The Balaban J connectivity index is 4.13. The molecule has 0 radical (unpaired) electrons. The van der Waals surface area contributed by atoms with Gasteiger partial charge in [0.2, 0.25) is 0 Å². The molecule has 90 valence electrons.